The van der Waals surface area contributed by atoms with E-state index < -0.39 is 0 Å². The first-order chi connectivity index (χ1) is 14.2. The van der Waals surface area contributed by atoms with Crippen molar-refractivity contribution >= 4 is 5.91 Å². The molecule has 4 heteroatoms. The molecule has 1 aromatic rings. The van der Waals surface area contributed by atoms with Gasteiger partial charge in [0, 0.05) is 38.4 Å². The molecule has 1 N–H and O–H groups in total. The van der Waals surface area contributed by atoms with Crippen molar-refractivity contribution in [1.29, 1.82) is 0 Å². The zero-order chi connectivity index (χ0) is 20.1. The van der Waals surface area contributed by atoms with Crippen molar-refractivity contribution in [2.24, 2.45) is 23.2 Å². The van der Waals surface area contributed by atoms with E-state index in [-0.39, 0.29) is 0 Å². The van der Waals surface area contributed by atoms with Gasteiger partial charge < -0.3 is 10.2 Å². The normalized spacial score (nSPS) is 29.9. The summed E-state index contributed by atoms with van der Waals surface area (Å²) in [5.41, 5.74) is 1.88. The molecule has 4 aliphatic rings. The predicted octanol–water partition coefficient (Wildman–Crippen LogP) is 4.45. The van der Waals surface area contributed by atoms with E-state index in [4.69, 9.17) is 0 Å². The van der Waals surface area contributed by atoms with Gasteiger partial charge >= 0.3 is 0 Å². The number of hydrogen-bond donors (Lipinski definition) is 1. The average Bonchev–Trinajstić information content (AvgIpc) is 2.71. The summed E-state index contributed by atoms with van der Waals surface area (Å²) in [6, 6.07) is 4.15. The van der Waals surface area contributed by atoms with Crippen LogP contribution in [0, 0.1) is 23.2 Å². The van der Waals surface area contributed by atoms with Crippen LogP contribution in [0.5, 0.6) is 0 Å². The zero-order valence-electron chi connectivity index (χ0n) is 18.2. The van der Waals surface area contributed by atoms with Crippen molar-refractivity contribution < 1.29 is 4.79 Å². The number of amides is 1. The van der Waals surface area contributed by atoms with E-state index in [1.807, 2.05) is 19.4 Å². The fraction of sp³-hybridized carbons (Fsp3) is 0.760. The summed E-state index contributed by atoms with van der Waals surface area (Å²) in [6.45, 7) is 2.71. The number of aryl methyl sites for hydroxylation is 1. The molecule has 4 aliphatic carbocycles. The van der Waals surface area contributed by atoms with Gasteiger partial charge in [-0.2, -0.15) is 0 Å². The van der Waals surface area contributed by atoms with Crippen LogP contribution in [-0.4, -0.2) is 42.5 Å². The number of likely N-dealkylation sites (N-methyl/N-ethyl adjacent to an activating group) is 1. The molecule has 160 valence electrons. The first kappa shape index (κ1) is 20.8. The van der Waals surface area contributed by atoms with Crippen LogP contribution in [0.15, 0.2) is 24.5 Å². The molecule has 4 fully saturated rings. The van der Waals surface area contributed by atoms with Gasteiger partial charge in [0.05, 0.1) is 0 Å². The molecule has 0 aromatic carbocycles. The summed E-state index contributed by atoms with van der Waals surface area (Å²) in [5, 5.41) is 3.24. The number of nitrogens with zero attached hydrogens (tertiary/aromatic N) is 2. The topological polar surface area (TPSA) is 45.2 Å². The van der Waals surface area contributed by atoms with Gasteiger partial charge in [0.2, 0.25) is 5.91 Å². The molecule has 1 aromatic heterocycles. The monoisotopic (exact) mass is 397 g/mol. The highest BCUT2D eigenvalue weighted by atomic mass is 16.2. The van der Waals surface area contributed by atoms with E-state index in [1.165, 1.54) is 50.5 Å². The Morgan fingerprint density at radius 3 is 2.34 bits per heavy atom. The largest absolute Gasteiger partial charge is 0.341 e. The molecular weight excluding hydrogens is 358 g/mol. The standard InChI is InChI=1S/C25H39N3O/c1-26-11-13-28(24(29)5-3-2-4-20-6-9-27-10-7-20)12-8-25-17-21-14-22(18-25)16-23(15-21)19-25/h6-7,9-10,21-23,26H,2-5,8,11-19H2,1H3. The van der Waals surface area contributed by atoms with Crippen molar-refractivity contribution in [3.8, 4) is 0 Å². The predicted molar refractivity (Wildman–Crippen MR) is 118 cm³/mol. The lowest BCUT2D eigenvalue weighted by Gasteiger charge is -2.57. The molecule has 0 spiro atoms. The van der Waals surface area contributed by atoms with Crippen molar-refractivity contribution in [2.45, 2.75) is 70.6 Å². The van der Waals surface area contributed by atoms with E-state index in [1.54, 1.807) is 0 Å². The quantitative estimate of drug-likeness (QED) is 0.561. The van der Waals surface area contributed by atoms with Crippen molar-refractivity contribution in [1.82, 2.24) is 15.2 Å². The fourth-order valence-corrected chi connectivity index (χ4v) is 6.89. The minimum Gasteiger partial charge on any atom is -0.341 e. The third-order valence-electron chi connectivity index (χ3n) is 7.92. The maximum Gasteiger partial charge on any atom is 0.222 e. The van der Waals surface area contributed by atoms with E-state index in [9.17, 15) is 4.79 Å². The zero-order valence-corrected chi connectivity index (χ0v) is 18.2. The average molecular weight is 398 g/mol. The number of pyridine rings is 1. The Morgan fingerprint density at radius 1 is 1.07 bits per heavy atom. The van der Waals surface area contributed by atoms with Gasteiger partial charge in [-0.25, -0.2) is 0 Å². The Bertz CT molecular complexity index is 624. The number of carbonyl (C=O) groups is 1. The molecule has 29 heavy (non-hydrogen) atoms. The van der Waals surface area contributed by atoms with Gasteiger partial charge in [0.1, 0.15) is 0 Å². The number of hydrogen-bond acceptors (Lipinski definition) is 3. The summed E-state index contributed by atoms with van der Waals surface area (Å²) in [5.74, 6) is 3.35. The Hall–Kier alpha value is -1.42. The number of unbranched alkanes of at least 4 members (excludes halogenated alkanes) is 1. The van der Waals surface area contributed by atoms with Crippen LogP contribution in [0.1, 0.15) is 69.8 Å². The van der Waals surface area contributed by atoms with E-state index in [0.29, 0.717) is 17.7 Å². The number of carbonyl (C=O) groups excluding carboxylic acids is 1. The highest BCUT2D eigenvalue weighted by Crippen LogP contribution is 2.61. The molecule has 4 bridgehead atoms. The van der Waals surface area contributed by atoms with Crippen molar-refractivity contribution in [3.63, 3.8) is 0 Å². The van der Waals surface area contributed by atoms with Gasteiger partial charge in [-0.1, -0.05) is 0 Å². The number of aromatic nitrogens is 1. The summed E-state index contributed by atoms with van der Waals surface area (Å²) in [4.78, 5) is 19.2. The lowest BCUT2D eigenvalue weighted by Crippen LogP contribution is -2.48. The lowest BCUT2D eigenvalue weighted by atomic mass is 9.49. The smallest absolute Gasteiger partial charge is 0.222 e. The Morgan fingerprint density at radius 2 is 1.72 bits per heavy atom. The molecule has 1 amide bonds. The second kappa shape index (κ2) is 9.59. The van der Waals surface area contributed by atoms with E-state index in [0.717, 1.165) is 56.7 Å². The minimum atomic E-state index is 0.361. The van der Waals surface area contributed by atoms with Crippen LogP contribution in [0.4, 0.5) is 0 Å². The van der Waals surface area contributed by atoms with Gasteiger partial charge in [0.15, 0.2) is 0 Å². The third-order valence-corrected chi connectivity index (χ3v) is 7.92. The van der Waals surface area contributed by atoms with Crippen LogP contribution in [-0.2, 0) is 11.2 Å². The summed E-state index contributed by atoms with van der Waals surface area (Å²) in [6.07, 6.45) is 17.6. The SMILES string of the molecule is CNCCN(CCC12CC3CC(CC(C3)C1)C2)C(=O)CCCCc1ccncc1. The second-order valence-electron chi connectivity index (χ2n) is 10.2. The molecule has 0 aliphatic heterocycles. The van der Waals surface area contributed by atoms with Crippen molar-refractivity contribution in [3.05, 3.63) is 30.1 Å². The minimum absolute atomic E-state index is 0.361. The van der Waals surface area contributed by atoms with E-state index in [2.05, 4.69) is 27.3 Å². The molecule has 0 unspecified atom stereocenters. The molecule has 0 radical (unpaired) electrons. The second-order valence-corrected chi connectivity index (χ2v) is 10.2. The highest BCUT2D eigenvalue weighted by Gasteiger charge is 2.50. The highest BCUT2D eigenvalue weighted by molar-refractivity contribution is 5.76. The van der Waals surface area contributed by atoms with Gasteiger partial charge in [-0.05, 0) is 112 Å². The summed E-state index contributed by atoms with van der Waals surface area (Å²) < 4.78 is 0. The number of nitrogens with one attached hydrogen (secondary N) is 1. The molecule has 4 nitrogen and oxygen atoms in total. The van der Waals surface area contributed by atoms with Crippen molar-refractivity contribution in [2.75, 3.05) is 26.7 Å². The Balaban J connectivity index is 1.25. The molecule has 1 heterocycles. The lowest BCUT2D eigenvalue weighted by molar-refractivity contribution is -0.132. The number of rotatable bonds is 11. The Labute approximate surface area is 176 Å². The van der Waals surface area contributed by atoms with Crippen LogP contribution in [0.25, 0.3) is 0 Å². The molecule has 4 saturated carbocycles. The van der Waals surface area contributed by atoms with Crippen LogP contribution >= 0.6 is 0 Å². The van der Waals surface area contributed by atoms with Crippen LogP contribution in [0.2, 0.25) is 0 Å². The molecule has 0 saturated heterocycles. The van der Waals surface area contributed by atoms with Crippen LogP contribution < -0.4 is 5.32 Å². The van der Waals surface area contributed by atoms with Gasteiger partial charge in [0.25, 0.3) is 0 Å². The molecule has 0 atom stereocenters. The molecule has 5 rings (SSSR count). The van der Waals surface area contributed by atoms with Gasteiger partial charge in [-0.3, -0.25) is 9.78 Å². The first-order valence-electron chi connectivity index (χ1n) is 12.0. The summed E-state index contributed by atoms with van der Waals surface area (Å²) in [7, 11) is 1.98. The molecular formula is C25H39N3O. The van der Waals surface area contributed by atoms with Crippen LogP contribution in [0.3, 0.4) is 0 Å². The maximum atomic E-state index is 13.0. The fourth-order valence-electron chi connectivity index (χ4n) is 6.89. The maximum absolute atomic E-state index is 13.0. The third kappa shape index (κ3) is 5.39. The van der Waals surface area contributed by atoms with Gasteiger partial charge in [-0.15, -0.1) is 0 Å². The Kier molecular flexibility index (Phi) is 6.89. The summed E-state index contributed by atoms with van der Waals surface area (Å²) >= 11 is 0. The van der Waals surface area contributed by atoms with E-state index >= 15 is 0 Å². The first-order valence-corrected chi connectivity index (χ1v) is 12.0.